The molecule has 0 nitrogen and oxygen atoms in total. The standard InChI is InChI=1S/C32H64.C4H8/c1-2-4-6-8-10-12-14-16-18-20-22-24-26-28-30-32-31-29-27-25-23-21-19-17-15-13-11-9-7-5-3-1;1-2-4-3-1/h1-32H2;1-4H2. The first-order valence-corrected chi connectivity index (χ1v) is 18.0. The highest BCUT2D eigenvalue weighted by Gasteiger charge is 1.98. The Bertz CT molecular complexity index is 204. The molecule has 216 valence electrons. The van der Waals surface area contributed by atoms with Gasteiger partial charge in [0.25, 0.3) is 0 Å². The molecule has 0 atom stereocenters. The molecule has 0 aromatic heterocycles. The Morgan fingerprint density at radius 1 is 0.0556 bits per heavy atom. The van der Waals surface area contributed by atoms with Crippen LogP contribution in [0.1, 0.15) is 231 Å². The highest BCUT2D eigenvalue weighted by molar-refractivity contribution is 4.54. The molecule has 0 bridgehead atoms. The molecule has 2 aliphatic rings. The average molecular weight is 505 g/mol. The zero-order valence-electron chi connectivity index (χ0n) is 25.5. The molecular weight excluding hydrogens is 432 g/mol. The van der Waals surface area contributed by atoms with Crippen LogP contribution in [0.4, 0.5) is 0 Å². The minimum atomic E-state index is 1.50. The molecule has 36 heavy (non-hydrogen) atoms. The summed E-state index contributed by atoms with van der Waals surface area (Å²) < 4.78 is 0. The summed E-state index contributed by atoms with van der Waals surface area (Å²) in [7, 11) is 0. The van der Waals surface area contributed by atoms with Crippen molar-refractivity contribution < 1.29 is 0 Å². The second kappa shape index (κ2) is 31.2. The van der Waals surface area contributed by atoms with Gasteiger partial charge in [-0.1, -0.05) is 231 Å². The van der Waals surface area contributed by atoms with Crippen molar-refractivity contribution in [2.24, 2.45) is 0 Å². The lowest BCUT2D eigenvalue weighted by Gasteiger charge is -2.05. The van der Waals surface area contributed by atoms with Crippen molar-refractivity contribution in [2.45, 2.75) is 231 Å². The Hall–Kier alpha value is 0. The van der Waals surface area contributed by atoms with E-state index in [0.29, 0.717) is 0 Å². The topological polar surface area (TPSA) is 0 Å². The summed E-state index contributed by atoms with van der Waals surface area (Å²) in [5.74, 6) is 0. The highest BCUT2D eigenvalue weighted by atomic mass is 14.0. The molecule has 0 aromatic rings. The van der Waals surface area contributed by atoms with Gasteiger partial charge in [-0.25, -0.2) is 0 Å². The lowest BCUT2D eigenvalue weighted by molar-refractivity contribution is 0.504. The molecule has 0 unspecified atom stereocenters. The Morgan fingerprint density at radius 2 is 0.0833 bits per heavy atom. The Morgan fingerprint density at radius 3 is 0.111 bits per heavy atom. The zero-order chi connectivity index (χ0) is 25.5. The quantitative estimate of drug-likeness (QED) is 0.307. The summed E-state index contributed by atoms with van der Waals surface area (Å²) in [4.78, 5) is 0. The van der Waals surface area contributed by atoms with Gasteiger partial charge in [0.2, 0.25) is 0 Å². The maximum absolute atomic E-state index is 1.50. The Kier molecular flexibility index (Phi) is 29.5. The van der Waals surface area contributed by atoms with Crippen LogP contribution in [0, 0.1) is 0 Å². The first-order chi connectivity index (χ1) is 18.0. The molecule has 0 aliphatic heterocycles. The molecule has 0 N–H and O–H groups in total. The van der Waals surface area contributed by atoms with Crippen LogP contribution in [0.2, 0.25) is 0 Å². The molecule has 0 heteroatoms. The van der Waals surface area contributed by atoms with Gasteiger partial charge >= 0.3 is 0 Å². The fraction of sp³-hybridized carbons (Fsp3) is 1.00. The highest BCUT2D eigenvalue weighted by Crippen LogP contribution is 2.18. The molecular formula is C36H72. The van der Waals surface area contributed by atoms with Crippen molar-refractivity contribution in [3.8, 4) is 0 Å². The van der Waals surface area contributed by atoms with Gasteiger partial charge < -0.3 is 0 Å². The largest absolute Gasteiger partial charge is 0.0533 e. The second-order valence-electron chi connectivity index (χ2n) is 12.7. The number of hydrogen-bond acceptors (Lipinski definition) is 0. The van der Waals surface area contributed by atoms with Gasteiger partial charge in [0.1, 0.15) is 0 Å². The predicted octanol–water partition coefficient (Wildman–Crippen LogP) is 14.0. The third kappa shape index (κ3) is 28.6. The molecule has 0 saturated heterocycles. The minimum Gasteiger partial charge on any atom is -0.0533 e. The van der Waals surface area contributed by atoms with Crippen molar-refractivity contribution in [3.05, 3.63) is 0 Å². The predicted molar refractivity (Wildman–Crippen MR) is 166 cm³/mol. The average Bonchev–Trinajstić information content (AvgIpc) is 2.84. The molecule has 0 spiro atoms. The van der Waals surface area contributed by atoms with Crippen LogP contribution in [-0.4, -0.2) is 0 Å². The van der Waals surface area contributed by atoms with Gasteiger partial charge in [0.05, 0.1) is 0 Å². The van der Waals surface area contributed by atoms with Crippen LogP contribution in [0.25, 0.3) is 0 Å². The lowest BCUT2D eigenvalue weighted by atomic mass is 10.0. The van der Waals surface area contributed by atoms with Gasteiger partial charge in [-0.05, 0) is 0 Å². The molecule has 2 saturated carbocycles. The Balaban J connectivity index is 0.00000146. The molecule has 0 amide bonds. The van der Waals surface area contributed by atoms with Crippen molar-refractivity contribution in [2.75, 3.05) is 0 Å². The summed E-state index contributed by atoms with van der Waals surface area (Å²) >= 11 is 0. The van der Waals surface area contributed by atoms with E-state index in [1.54, 1.807) is 0 Å². The van der Waals surface area contributed by atoms with E-state index in [-0.39, 0.29) is 0 Å². The normalized spacial score (nSPS) is 24.0. The first kappa shape index (κ1) is 34.0. The van der Waals surface area contributed by atoms with Crippen LogP contribution in [0.15, 0.2) is 0 Å². The summed E-state index contributed by atoms with van der Waals surface area (Å²) in [6.45, 7) is 0. The van der Waals surface area contributed by atoms with Crippen LogP contribution >= 0.6 is 0 Å². The van der Waals surface area contributed by atoms with E-state index < -0.39 is 0 Å². The molecule has 2 rings (SSSR count). The van der Waals surface area contributed by atoms with Gasteiger partial charge in [-0.2, -0.15) is 0 Å². The number of rotatable bonds is 0. The lowest BCUT2D eigenvalue weighted by Crippen LogP contribution is -1.85. The van der Waals surface area contributed by atoms with E-state index in [9.17, 15) is 0 Å². The van der Waals surface area contributed by atoms with Gasteiger partial charge in [0.15, 0.2) is 0 Å². The van der Waals surface area contributed by atoms with Gasteiger partial charge in [0, 0.05) is 0 Å². The van der Waals surface area contributed by atoms with Crippen molar-refractivity contribution >= 4 is 0 Å². The van der Waals surface area contributed by atoms with Crippen LogP contribution in [0.3, 0.4) is 0 Å². The maximum Gasteiger partial charge on any atom is -0.0533 e. The minimum absolute atomic E-state index is 1.50. The fourth-order valence-electron chi connectivity index (χ4n) is 5.91. The SMILES string of the molecule is C1CCC1.C1CCCCCCCCCCCCCCCCCCCCCCCCCCCCCCC1. The van der Waals surface area contributed by atoms with Crippen molar-refractivity contribution in [3.63, 3.8) is 0 Å². The third-order valence-electron chi connectivity index (χ3n) is 9.00. The second-order valence-corrected chi connectivity index (χ2v) is 12.7. The van der Waals surface area contributed by atoms with E-state index in [0.717, 1.165) is 0 Å². The van der Waals surface area contributed by atoms with Crippen LogP contribution in [0.5, 0.6) is 0 Å². The molecule has 2 aliphatic carbocycles. The smallest absolute Gasteiger partial charge is 0.0533 e. The fourth-order valence-corrected chi connectivity index (χ4v) is 5.91. The molecule has 0 aromatic carbocycles. The van der Waals surface area contributed by atoms with Gasteiger partial charge in [-0.15, -0.1) is 0 Å². The molecule has 0 radical (unpaired) electrons. The summed E-state index contributed by atoms with van der Waals surface area (Å²) in [6, 6.07) is 0. The van der Waals surface area contributed by atoms with E-state index in [1.165, 1.54) is 231 Å². The van der Waals surface area contributed by atoms with Crippen LogP contribution in [-0.2, 0) is 0 Å². The molecule has 2 fully saturated rings. The monoisotopic (exact) mass is 505 g/mol. The summed E-state index contributed by atoms with van der Waals surface area (Å²) in [6.07, 6.45) is 54.0. The van der Waals surface area contributed by atoms with E-state index in [1.807, 2.05) is 0 Å². The van der Waals surface area contributed by atoms with E-state index >= 15 is 0 Å². The van der Waals surface area contributed by atoms with E-state index in [2.05, 4.69) is 0 Å². The maximum atomic E-state index is 1.50. The van der Waals surface area contributed by atoms with Gasteiger partial charge in [-0.3, -0.25) is 0 Å². The molecule has 0 heterocycles. The number of hydrogen-bond donors (Lipinski definition) is 0. The summed E-state index contributed by atoms with van der Waals surface area (Å²) in [5.41, 5.74) is 0. The third-order valence-corrected chi connectivity index (χ3v) is 9.00. The van der Waals surface area contributed by atoms with Crippen molar-refractivity contribution in [1.82, 2.24) is 0 Å². The van der Waals surface area contributed by atoms with Crippen LogP contribution < -0.4 is 0 Å². The van der Waals surface area contributed by atoms with Crippen molar-refractivity contribution in [1.29, 1.82) is 0 Å². The van der Waals surface area contributed by atoms with E-state index in [4.69, 9.17) is 0 Å². The Labute approximate surface area is 231 Å². The summed E-state index contributed by atoms with van der Waals surface area (Å²) in [5, 5.41) is 0. The zero-order valence-corrected chi connectivity index (χ0v) is 25.5. The first-order valence-electron chi connectivity index (χ1n) is 18.0.